The third-order valence-corrected chi connectivity index (χ3v) is 8.36. The molecule has 0 saturated carbocycles. The number of rotatable bonds is 5. The molecule has 1 amide bonds. The second-order valence-electron chi connectivity index (χ2n) is 8.66. The topological polar surface area (TPSA) is 82.6 Å². The Bertz CT molecular complexity index is 1080. The van der Waals surface area contributed by atoms with E-state index < -0.39 is 21.8 Å². The van der Waals surface area contributed by atoms with Gasteiger partial charge in [0, 0.05) is 44.3 Å². The second-order valence-corrected chi connectivity index (χ2v) is 10.6. The molecule has 7 nitrogen and oxygen atoms in total. The van der Waals surface area contributed by atoms with Gasteiger partial charge in [0.2, 0.25) is 15.9 Å². The average Bonchev–Trinajstić information content (AvgIpc) is 2.85. The van der Waals surface area contributed by atoms with Crippen LogP contribution in [0, 0.1) is 5.92 Å². The van der Waals surface area contributed by atoms with E-state index >= 15 is 0 Å². The molecule has 2 saturated heterocycles. The summed E-state index contributed by atoms with van der Waals surface area (Å²) in [4.78, 5) is 18.9. The van der Waals surface area contributed by atoms with Gasteiger partial charge in [-0.15, -0.1) is 0 Å². The first-order chi connectivity index (χ1) is 16.1. The van der Waals surface area contributed by atoms with Crippen LogP contribution in [0.2, 0.25) is 0 Å². The maximum atomic E-state index is 12.8. The summed E-state index contributed by atoms with van der Waals surface area (Å²) in [5.74, 6) is 0.185. The highest BCUT2D eigenvalue weighted by atomic mass is 32.2. The fraction of sp³-hybridized carbons (Fsp3) is 0.478. The Morgan fingerprint density at radius 1 is 0.941 bits per heavy atom. The van der Waals surface area contributed by atoms with E-state index in [1.807, 2.05) is 4.90 Å². The quantitative estimate of drug-likeness (QED) is 0.687. The van der Waals surface area contributed by atoms with Gasteiger partial charge in [-0.05, 0) is 49.9 Å². The van der Waals surface area contributed by atoms with Crippen LogP contribution >= 0.6 is 0 Å². The van der Waals surface area contributed by atoms with Crippen LogP contribution in [0.3, 0.4) is 0 Å². The molecule has 2 fully saturated rings. The molecule has 184 valence electrons. The number of hydrogen-bond donors (Lipinski definition) is 1. The minimum absolute atomic E-state index is 0.0238. The Kier molecular flexibility index (Phi) is 7.13. The number of halogens is 3. The van der Waals surface area contributed by atoms with Crippen molar-refractivity contribution in [1.29, 1.82) is 0 Å². The number of anilines is 1. The minimum atomic E-state index is -4.41. The summed E-state index contributed by atoms with van der Waals surface area (Å²) in [6.45, 7) is 1.76. The summed E-state index contributed by atoms with van der Waals surface area (Å²) in [5.41, 5.74) is -0.777. The molecular formula is C23H27F3N4O3S. The van der Waals surface area contributed by atoms with Gasteiger partial charge in [0.25, 0.3) is 0 Å². The molecular weight excluding hydrogens is 469 g/mol. The molecule has 3 heterocycles. The molecule has 11 heteroatoms. The van der Waals surface area contributed by atoms with E-state index in [1.165, 1.54) is 10.4 Å². The zero-order valence-corrected chi connectivity index (χ0v) is 19.4. The number of benzene rings is 1. The number of sulfonamides is 1. The summed E-state index contributed by atoms with van der Waals surface area (Å²) in [5, 5.41) is 3.07. The number of carbonyl (C=O) groups excluding carboxylic acids is 1. The molecule has 34 heavy (non-hydrogen) atoms. The molecule has 0 spiro atoms. The van der Waals surface area contributed by atoms with E-state index in [0.29, 0.717) is 57.7 Å². The van der Waals surface area contributed by atoms with Crippen molar-refractivity contribution in [2.24, 2.45) is 5.92 Å². The molecule has 0 radical (unpaired) electrons. The SMILES string of the molecule is O=C(NC1CCN(c2ccc(C(F)(F)F)cn2)CC1)C1CCN(S(=O)(=O)c2ccccc2)CC1. The Balaban J connectivity index is 1.24. The van der Waals surface area contributed by atoms with Gasteiger partial charge in [-0.25, -0.2) is 13.4 Å². The number of amides is 1. The van der Waals surface area contributed by atoms with Gasteiger partial charge in [-0.3, -0.25) is 4.79 Å². The van der Waals surface area contributed by atoms with Gasteiger partial charge in [0.05, 0.1) is 10.5 Å². The normalized spacial score (nSPS) is 19.2. The van der Waals surface area contributed by atoms with E-state index in [1.54, 1.807) is 30.3 Å². The van der Waals surface area contributed by atoms with Crippen molar-refractivity contribution in [3.63, 3.8) is 0 Å². The average molecular weight is 497 g/mol. The van der Waals surface area contributed by atoms with Crippen molar-refractivity contribution in [2.45, 2.75) is 42.8 Å². The summed E-state index contributed by atoms with van der Waals surface area (Å²) in [7, 11) is -3.55. The molecule has 2 aliphatic heterocycles. The first kappa shape index (κ1) is 24.5. The summed E-state index contributed by atoms with van der Waals surface area (Å²) in [6, 6.07) is 10.7. The number of alkyl halides is 3. The van der Waals surface area contributed by atoms with Crippen molar-refractivity contribution < 1.29 is 26.4 Å². The molecule has 0 unspecified atom stereocenters. The van der Waals surface area contributed by atoms with Crippen LogP contribution in [0.5, 0.6) is 0 Å². The first-order valence-corrected chi connectivity index (χ1v) is 12.7. The van der Waals surface area contributed by atoms with Gasteiger partial charge in [0.15, 0.2) is 0 Å². The molecule has 1 aromatic heterocycles. The lowest BCUT2D eigenvalue weighted by Gasteiger charge is -2.35. The van der Waals surface area contributed by atoms with Crippen LogP contribution in [0.1, 0.15) is 31.2 Å². The van der Waals surface area contributed by atoms with Crippen molar-refractivity contribution in [1.82, 2.24) is 14.6 Å². The predicted octanol–water partition coefficient (Wildman–Crippen LogP) is 3.29. The van der Waals surface area contributed by atoms with Gasteiger partial charge in [0.1, 0.15) is 5.82 Å². The standard InChI is InChI=1S/C23H27F3N4O3S/c24-23(25,26)18-6-7-21(27-16-18)29-12-10-19(11-13-29)28-22(31)17-8-14-30(15-9-17)34(32,33)20-4-2-1-3-5-20/h1-7,16-17,19H,8-15H2,(H,28,31). The lowest BCUT2D eigenvalue weighted by Crippen LogP contribution is -2.48. The molecule has 0 aliphatic carbocycles. The predicted molar refractivity (Wildman–Crippen MR) is 121 cm³/mol. The smallest absolute Gasteiger partial charge is 0.356 e. The molecule has 1 aromatic carbocycles. The molecule has 0 atom stereocenters. The first-order valence-electron chi connectivity index (χ1n) is 11.3. The van der Waals surface area contributed by atoms with E-state index in [2.05, 4.69) is 10.3 Å². The Morgan fingerprint density at radius 3 is 2.15 bits per heavy atom. The Labute approximate surface area is 197 Å². The van der Waals surface area contributed by atoms with Gasteiger partial charge >= 0.3 is 6.18 Å². The van der Waals surface area contributed by atoms with Crippen molar-refractivity contribution in [3.8, 4) is 0 Å². The lowest BCUT2D eigenvalue weighted by atomic mass is 9.96. The highest BCUT2D eigenvalue weighted by Crippen LogP contribution is 2.30. The number of aromatic nitrogens is 1. The Hall–Kier alpha value is -2.66. The van der Waals surface area contributed by atoms with E-state index in [4.69, 9.17) is 0 Å². The fourth-order valence-electron chi connectivity index (χ4n) is 4.41. The van der Waals surface area contributed by atoms with Crippen LogP contribution in [-0.2, 0) is 21.0 Å². The van der Waals surface area contributed by atoms with E-state index in [0.717, 1.165) is 12.3 Å². The van der Waals surface area contributed by atoms with Gasteiger partial charge < -0.3 is 10.2 Å². The van der Waals surface area contributed by atoms with Crippen LogP contribution in [0.25, 0.3) is 0 Å². The summed E-state index contributed by atoms with van der Waals surface area (Å²) < 4.78 is 65.1. The largest absolute Gasteiger partial charge is 0.417 e. The van der Waals surface area contributed by atoms with Gasteiger partial charge in [-0.2, -0.15) is 17.5 Å². The number of nitrogens with zero attached hydrogens (tertiary/aromatic N) is 3. The van der Waals surface area contributed by atoms with E-state index in [9.17, 15) is 26.4 Å². The fourth-order valence-corrected chi connectivity index (χ4v) is 5.90. The number of pyridine rings is 1. The summed E-state index contributed by atoms with van der Waals surface area (Å²) in [6.07, 6.45) is -1.32. The third kappa shape index (κ3) is 5.52. The van der Waals surface area contributed by atoms with Crippen LogP contribution in [0.4, 0.5) is 19.0 Å². The lowest BCUT2D eigenvalue weighted by molar-refractivity contribution is -0.137. The van der Waals surface area contributed by atoms with E-state index in [-0.39, 0.29) is 22.8 Å². The van der Waals surface area contributed by atoms with Crippen LogP contribution < -0.4 is 10.2 Å². The van der Waals surface area contributed by atoms with Crippen molar-refractivity contribution in [2.75, 3.05) is 31.1 Å². The summed E-state index contributed by atoms with van der Waals surface area (Å²) >= 11 is 0. The maximum Gasteiger partial charge on any atom is 0.417 e. The molecule has 1 N–H and O–H groups in total. The second kappa shape index (κ2) is 9.91. The van der Waals surface area contributed by atoms with Crippen LogP contribution in [-0.4, -0.2) is 55.8 Å². The maximum absolute atomic E-state index is 12.8. The van der Waals surface area contributed by atoms with Crippen molar-refractivity contribution >= 4 is 21.7 Å². The van der Waals surface area contributed by atoms with Crippen molar-refractivity contribution in [3.05, 3.63) is 54.2 Å². The van der Waals surface area contributed by atoms with Gasteiger partial charge in [-0.1, -0.05) is 18.2 Å². The Morgan fingerprint density at radius 2 is 1.59 bits per heavy atom. The highest BCUT2D eigenvalue weighted by Gasteiger charge is 2.34. The number of carbonyl (C=O) groups is 1. The number of piperidine rings is 2. The number of nitrogens with one attached hydrogen (secondary N) is 1. The monoisotopic (exact) mass is 496 g/mol. The minimum Gasteiger partial charge on any atom is -0.356 e. The highest BCUT2D eigenvalue weighted by molar-refractivity contribution is 7.89. The zero-order chi connectivity index (χ0) is 24.3. The molecule has 0 bridgehead atoms. The van der Waals surface area contributed by atoms with Crippen LogP contribution in [0.15, 0.2) is 53.6 Å². The number of hydrogen-bond acceptors (Lipinski definition) is 5. The molecule has 2 aliphatic rings. The molecule has 2 aromatic rings. The molecule has 4 rings (SSSR count). The zero-order valence-electron chi connectivity index (χ0n) is 18.5. The third-order valence-electron chi connectivity index (χ3n) is 6.45.